The lowest BCUT2D eigenvalue weighted by Crippen LogP contribution is -2.51. The lowest BCUT2D eigenvalue weighted by atomic mass is 10.1. The first kappa shape index (κ1) is 20.0. The quantitative estimate of drug-likeness (QED) is 0.653. The molecule has 0 saturated carbocycles. The molecule has 6 nitrogen and oxygen atoms in total. The van der Waals surface area contributed by atoms with Gasteiger partial charge < -0.3 is 19.1 Å². The zero-order valence-corrected chi connectivity index (χ0v) is 17.3. The summed E-state index contributed by atoms with van der Waals surface area (Å²) < 4.78 is 7.27. The van der Waals surface area contributed by atoms with Crippen LogP contribution in [-0.4, -0.2) is 59.2 Å². The molecule has 2 aromatic carbocycles. The molecule has 3 aromatic rings. The van der Waals surface area contributed by atoms with Gasteiger partial charge in [0, 0.05) is 49.8 Å². The van der Waals surface area contributed by atoms with Crippen LogP contribution in [0.5, 0.6) is 0 Å². The molecule has 0 N–H and O–H groups in total. The van der Waals surface area contributed by atoms with Crippen molar-refractivity contribution in [1.29, 1.82) is 0 Å². The Labute approximate surface area is 176 Å². The highest BCUT2D eigenvalue weighted by molar-refractivity contribution is 5.89. The number of para-hydroxylation sites is 1. The molecule has 0 spiro atoms. The van der Waals surface area contributed by atoms with E-state index in [9.17, 15) is 9.59 Å². The summed E-state index contributed by atoms with van der Waals surface area (Å²) in [5, 5.41) is 1.12. The number of benzene rings is 2. The molecule has 0 radical (unpaired) electrons. The number of hydrogen-bond acceptors (Lipinski definition) is 3. The molecule has 2 heterocycles. The van der Waals surface area contributed by atoms with Crippen LogP contribution in [0.2, 0.25) is 0 Å². The third-order valence-electron chi connectivity index (χ3n) is 5.57. The standard InChI is InChI=1S/C24H27N3O3/c1-2-30-24(29)26-14-12-25(13-15-26)23(28)16-20-18-27(17-19-8-4-3-5-9-19)22-11-7-6-10-21(20)22/h3-11,18H,2,12-17H2,1H3. The molecule has 156 valence electrons. The second-order valence-corrected chi connectivity index (χ2v) is 7.53. The number of carbonyl (C=O) groups is 2. The van der Waals surface area contributed by atoms with Gasteiger partial charge in [0.15, 0.2) is 0 Å². The number of carbonyl (C=O) groups excluding carboxylic acids is 2. The highest BCUT2D eigenvalue weighted by Crippen LogP contribution is 2.23. The molecule has 1 aliphatic rings. The zero-order chi connectivity index (χ0) is 20.9. The first-order chi connectivity index (χ1) is 14.7. The largest absolute Gasteiger partial charge is 0.450 e. The molecule has 0 atom stereocenters. The van der Waals surface area contributed by atoms with Crippen molar-refractivity contribution in [2.24, 2.45) is 0 Å². The van der Waals surface area contributed by atoms with E-state index in [-0.39, 0.29) is 12.0 Å². The molecule has 4 rings (SSSR count). The Balaban J connectivity index is 1.46. The van der Waals surface area contributed by atoms with Gasteiger partial charge in [-0.15, -0.1) is 0 Å². The summed E-state index contributed by atoms with van der Waals surface area (Å²) >= 11 is 0. The van der Waals surface area contributed by atoms with E-state index >= 15 is 0 Å². The summed E-state index contributed by atoms with van der Waals surface area (Å²) in [7, 11) is 0. The van der Waals surface area contributed by atoms with E-state index in [4.69, 9.17) is 4.74 Å². The number of piperazine rings is 1. The summed E-state index contributed by atoms with van der Waals surface area (Å²) in [6, 6.07) is 18.6. The van der Waals surface area contributed by atoms with E-state index in [2.05, 4.69) is 35.0 Å². The molecular formula is C24H27N3O3. The van der Waals surface area contributed by atoms with E-state index in [0.29, 0.717) is 39.2 Å². The minimum absolute atomic E-state index is 0.0983. The normalized spacial score (nSPS) is 14.2. The van der Waals surface area contributed by atoms with Crippen LogP contribution in [0.3, 0.4) is 0 Å². The van der Waals surface area contributed by atoms with Crippen molar-refractivity contribution in [2.45, 2.75) is 19.9 Å². The van der Waals surface area contributed by atoms with Gasteiger partial charge in [0.1, 0.15) is 0 Å². The molecule has 2 amide bonds. The molecular weight excluding hydrogens is 378 g/mol. The Hall–Kier alpha value is -3.28. The Kier molecular flexibility index (Phi) is 6.02. The molecule has 0 unspecified atom stereocenters. The van der Waals surface area contributed by atoms with E-state index in [1.165, 1.54) is 5.56 Å². The molecule has 6 heteroatoms. The van der Waals surface area contributed by atoms with Crippen LogP contribution >= 0.6 is 0 Å². The third kappa shape index (κ3) is 4.32. The molecule has 30 heavy (non-hydrogen) atoms. The van der Waals surface area contributed by atoms with Crippen molar-refractivity contribution >= 4 is 22.9 Å². The summed E-state index contributed by atoms with van der Waals surface area (Å²) in [6.45, 7) is 5.05. The molecule has 1 fully saturated rings. The van der Waals surface area contributed by atoms with Gasteiger partial charge in [0.05, 0.1) is 13.0 Å². The molecule has 1 saturated heterocycles. The molecule has 0 aliphatic carbocycles. The maximum absolute atomic E-state index is 13.0. The predicted molar refractivity (Wildman–Crippen MR) is 116 cm³/mol. The van der Waals surface area contributed by atoms with Crippen LogP contribution in [0.4, 0.5) is 4.79 Å². The van der Waals surface area contributed by atoms with Crippen molar-refractivity contribution in [1.82, 2.24) is 14.4 Å². The second-order valence-electron chi connectivity index (χ2n) is 7.53. The maximum Gasteiger partial charge on any atom is 0.409 e. The first-order valence-electron chi connectivity index (χ1n) is 10.5. The van der Waals surface area contributed by atoms with Gasteiger partial charge in [0.25, 0.3) is 0 Å². The predicted octanol–water partition coefficient (Wildman–Crippen LogP) is 3.53. The summed E-state index contributed by atoms with van der Waals surface area (Å²) in [6.07, 6.45) is 2.17. The van der Waals surface area contributed by atoms with Gasteiger partial charge >= 0.3 is 6.09 Å². The number of fused-ring (bicyclic) bond motifs is 1. The first-order valence-corrected chi connectivity index (χ1v) is 10.5. The summed E-state index contributed by atoms with van der Waals surface area (Å²) in [5.74, 6) is 0.0983. The maximum atomic E-state index is 13.0. The SMILES string of the molecule is CCOC(=O)N1CCN(C(=O)Cc2cn(Cc3ccccc3)c3ccccc23)CC1. The van der Waals surface area contributed by atoms with Gasteiger partial charge in [-0.2, -0.15) is 0 Å². The Morgan fingerprint density at radius 1 is 0.900 bits per heavy atom. The van der Waals surface area contributed by atoms with Crippen LogP contribution in [0, 0.1) is 0 Å². The average Bonchev–Trinajstić information content (AvgIpc) is 3.12. The van der Waals surface area contributed by atoms with Gasteiger partial charge in [-0.05, 0) is 24.1 Å². The van der Waals surface area contributed by atoms with E-state index in [0.717, 1.165) is 23.0 Å². The number of nitrogens with zero attached hydrogens (tertiary/aromatic N) is 3. The smallest absolute Gasteiger partial charge is 0.409 e. The fourth-order valence-electron chi connectivity index (χ4n) is 4.00. The van der Waals surface area contributed by atoms with Crippen LogP contribution in [-0.2, 0) is 22.5 Å². The van der Waals surface area contributed by atoms with Crippen molar-refractivity contribution in [2.75, 3.05) is 32.8 Å². The minimum atomic E-state index is -0.298. The van der Waals surface area contributed by atoms with Gasteiger partial charge in [-0.25, -0.2) is 4.79 Å². The van der Waals surface area contributed by atoms with Crippen LogP contribution in [0.25, 0.3) is 10.9 Å². The van der Waals surface area contributed by atoms with Crippen molar-refractivity contribution < 1.29 is 14.3 Å². The fraction of sp³-hybridized carbons (Fsp3) is 0.333. The summed E-state index contributed by atoms with van der Waals surface area (Å²) in [5.41, 5.74) is 3.40. The van der Waals surface area contributed by atoms with Crippen LogP contribution in [0.1, 0.15) is 18.1 Å². The van der Waals surface area contributed by atoms with Crippen LogP contribution in [0.15, 0.2) is 60.8 Å². The van der Waals surface area contributed by atoms with Gasteiger partial charge in [-0.1, -0.05) is 48.5 Å². The summed E-state index contributed by atoms with van der Waals surface area (Å²) in [4.78, 5) is 28.3. The molecule has 1 aliphatic heterocycles. The van der Waals surface area contributed by atoms with Crippen molar-refractivity contribution in [3.05, 3.63) is 71.9 Å². The van der Waals surface area contributed by atoms with E-state index < -0.39 is 0 Å². The minimum Gasteiger partial charge on any atom is -0.450 e. The lowest BCUT2D eigenvalue weighted by Gasteiger charge is -2.34. The number of aromatic nitrogens is 1. The Morgan fingerprint density at radius 2 is 1.57 bits per heavy atom. The number of ether oxygens (including phenoxy) is 1. The fourth-order valence-corrected chi connectivity index (χ4v) is 4.00. The van der Waals surface area contributed by atoms with E-state index in [1.54, 1.807) is 11.8 Å². The third-order valence-corrected chi connectivity index (χ3v) is 5.57. The number of rotatable bonds is 5. The van der Waals surface area contributed by atoms with Crippen molar-refractivity contribution in [3.63, 3.8) is 0 Å². The second kappa shape index (κ2) is 9.03. The number of amides is 2. The van der Waals surface area contributed by atoms with Gasteiger partial charge in [0.2, 0.25) is 5.91 Å². The monoisotopic (exact) mass is 405 g/mol. The Morgan fingerprint density at radius 3 is 2.30 bits per heavy atom. The average molecular weight is 405 g/mol. The Bertz CT molecular complexity index is 1020. The molecule has 1 aromatic heterocycles. The van der Waals surface area contributed by atoms with E-state index in [1.807, 2.05) is 35.2 Å². The topological polar surface area (TPSA) is 54.8 Å². The molecule has 0 bridgehead atoms. The number of hydrogen-bond donors (Lipinski definition) is 0. The van der Waals surface area contributed by atoms with Crippen LogP contribution < -0.4 is 0 Å². The lowest BCUT2D eigenvalue weighted by molar-refractivity contribution is -0.132. The van der Waals surface area contributed by atoms with Crippen molar-refractivity contribution in [3.8, 4) is 0 Å². The zero-order valence-electron chi connectivity index (χ0n) is 17.3. The highest BCUT2D eigenvalue weighted by Gasteiger charge is 2.25. The highest BCUT2D eigenvalue weighted by atomic mass is 16.6. The van der Waals surface area contributed by atoms with Gasteiger partial charge in [-0.3, -0.25) is 4.79 Å².